The number of hydrogen-bond acceptors (Lipinski definition) is 4. The summed E-state index contributed by atoms with van der Waals surface area (Å²) in [5.41, 5.74) is 4.49. The monoisotopic (exact) mass is 241 g/mol. The zero-order valence-corrected chi connectivity index (χ0v) is 8.65. The molecule has 0 aromatic carbocycles. The molecule has 0 unspecified atom stereocenters. The maximum atomic E-state index is 12.7. The highest BCUT2D eigenvalue weighted by Gasteiger charge is 2.21. The van der Waals surface area contributed by atoms with Crippen LogP contribution in [0.1, 0.15) is 28.8 Å². The van der Waals surface area contributed by atoms with Crippen molar-refractivity contribution in [3.8, 4) is 6.07 Å². The molecule has 1 heterocycles. The first-order valence-corrected chi connectivity index (χ1v) is 4.62. The van der Waals surface area contributed by atoms with Crippen LogP contribution in [0.2, 0.25) is 0 Å². The van der Waals surface area contributed by atoms with Gasteiger partial charge in [0.2, 0.25) is 0 Å². The summed E-state index contributed by atoms with van der Waals surface area (Å²) in [6.07, 6.45) is -2.67. The average molecular weight is 241 g/mol. The van der Waals surface area contributed by atoms with Crippen molar-refractivity contribution in [1.29, 1.82) is 5.26 Å². The summed E-state index contributed by atoms with van der Waals surface area (Å²) in [5, 5.41) is 17.5. The second-order valence-electron chi connectivity index (χ2n) is 3.20. The van der Waals surface area contributed by atoms with Crippen molar-refractivity contribution in [2.45, 2.75) is 19.4 Å². The fraction of sp³-hybridized carbons (Fsp3) is 0.300. The number of alkyl halides is 2. The van der Waals surface area contributed by atoms with E-state index in [1.165, 1.54) is 0 Å². The Labute approximate surface area is 95.5 Å². The summed E-state index contributed by atoms with van der Waals surface area (Å²) in [7, 11) is 0. The van der Waals surface area contributed by atoms with Crippen molar-refractivity contribution in [1.82, 2.24) is 4.98 Å². The van der Waals surface area contributed by atoms with E-state index in [0.717, 1.165) is 6.20 Å². The lowest BCUT2D eigenvalue weighted by Crippen LogP contribution is -2.12. The van der Waals surface area contributed by atoms with Gasteiger partial charge in [-0.2, -0.15) is 5.26 Å². The molecular weight excluding hydrogens is 232 g/mol. The van der Waals surface area contributed by atoms with Crippen LogP contribution in [0.3, 0.4) is 0 Å². The maximum absolute atomic E-state index is 12.7. The lowest BCUT2D eigenvalue weighted by atomic mass is 9.99. The molecule has 0 radical (unpaired) electrons. The van der Waals surface area contributed by atoms with E-state index < -0.39 is 24.4 Å². The first-order valence-electron chi connectivity index (χ1n) is 4.62. The van der Waals surface area contributed by atoms with Crippen molar-refractivity contribution in [3.05, 3.63) is 28.6 Å². The van der Waals surface area contributed by atoms with Crippen LogP contribution in [0.25, 0.3) is 0 Å². The molecule has 1 rings (SSSR count). The van der Waals surface area contributed by atoms with E-state index in [-0.39, 0.29) is 23.4 Å². The van der Waals surface area contributed by atoms with Gasteiger partial charge in [-0.1, -0.05) is 0 Å². The average Bonchev–Trinajstić information content (AvgIpc) is 2.27. The van der Waals surface area contributed by atoms with Crippen LogP contribution in [0, 0.1) is 11.3 Å². The molecular formula is C10H9F2N3O2. The second kappa shape index (κ2) is 5.32. The number of carboxylic acids is 1. The summed E-state index contributed by atoms with van der Waals surface area (Å²) in [6.45, 7) is -0.112. The molecule has 0 saturated heterocycles. The summed E-state index contributed by atoms with van der Waals surface area (Å²) in [6, 6.07) is 1.68. The van der Waals surface area contributed by atoms with Gasteiger partial charge in [0.25, 0.3) is 6.43 Å². The van der Waals surface area contributed by atoms with E-state index in [4.69, 9.17) is 16.1 Å². The van der Waals surface area contributed by atoms with E-state index >= 15 is 0 Å². The van der Waals surface area contributed by atoms with Crippen LogP contribution in [-0.2, 0) is 17.8 Å². The number of carbonyl (C=O) groups is 1. The highest BCUT2D eigenvalue weighted by Crippen LogP contribution is 2.26. The lowest BCUT2D eigenvalue weighted by molar-refractivity contribution is -0.136. The smallest absolute Gasteiger partial charge is 0.307 e. The molecule has 90 valence electrons. The Kier molecular flexibility index (Phi) is 4.06. The summed E-state index contributed by atoms with van der Waals surface area (Å²) in [5.74, 6) is -1.29. The topological polar surface area (TPSA) is 100 Å². The Morgan fingerprint density at radius 1 is 1.65 bits per heavy atom. The van der Waals surface area contributed by atoms with E-state index in [1.807, 2.05) is 0 Å². The molecule has 3 N–H and O–H groups in total. The van der Waals surface area contributed by atoms with Crippen LogP contribution in [0.4, 0.5) is 8.78 Å². The third kappa shape index (κ3) is 2.73. The molecule has 0 aliphatic carbocycles. The molecule has 0 atom stereocenters. The number of halogens is 2. The van der Waals surface area contributed by atoms with Crippen LogP contribution >= 0.6 is 0 Å². The lowest BCUT2D eigenvalue weighted by Gasteiger charge is -2.11. The Hall–Kier alpha value is -2.07. The molecule has 0 amide bonds. The number of pyridine rings is 1. The first-order chi connectivity index (χ1) is 8.01. The number of aromatic nitrogens is 1. The van der Waals surface area contributed by atoms with Gasteiger partial charge in [-0.15, -0.1) is 0 Å². The predicted octanol–water partition coefficient (Wildman–Crippen LogP) is 0.977. The highest BCUT2D eigenvalue weighted by molar-refractivity contribution is 5.72. The number of hydrogen-bond donors (Lipinski definition) is 2. The van der Waals surface area contributed by atoms with E-state index in [1.54, 1.807) is 6.07 Å². The Balaban J connectivity index is 3.45. The zero-order valence-electron chi connectivity index (χ0n) is 8.65. The summed E-state index contributed by atoms with van der Waals surface area (Å²) >= 11 is 0. The van der Waals surface area contributed by atoms with Gasteiger partial charge in [-0.25, -0.2) is 8.78 Å². The van der Waals surface area contributed by atoms with Crippen molar-refractivity contribution >= 4 is 5.97 Å². The number of rotatable bonds is 4. The van der Waals surface area contributed by atoms with Crippen molar-refractivity contribution in [3.63, 3.8) is 0 Å². The van der Waals surface area contributed by atoms with E-state index in [9.17, 15) is 13.6 Å². The molecule has 7 heteroatoms. The first kappa shape index (κ1) is 13.0. The van der Waals surface area contributed by atoms with E-state index in [0.29, 0.717) is 0 Å². The molecule has 0 aliphatic heterocycles. The molecule has 0 bridgehead atoms. The molecule has 1 aromatic heterocycles. The number of carboxylic acid groups (broad SMARTS) is 1. The van der Waals surface area contributed by atoms with E-state index in [2.05, 4.69) is 4.98 Å². The summed E-state index contributed by atoms with van der Waals surface area (Å²) in [4.78, 5) is 14.2. The maximum Gasteiger partial charge on any atom is 0.307 e. The van der Waals surface area contributed by atoms with Gasteiger partial charge < -0.3 is 10.8 Å². The quantitative estimate of drug-likeness (QED) is 0.818. The SMILES string of the molecule is N#Cc1c(CN)ncc(C(F)F)c1CC(=O)O. The zero-order chi connectivity index (χ0) is 13.0. The van der Waals surface area contributed by atoms with Gasteiger partial charge in [0.1, 0.15) is 6.07 Å². The van der Waals surface area contributed by atoms with Crippen molar-refractivity contribution in [2.75, 3.05) is 0 Å². The third-order valence-electron chi connectivity index (χ3n) is 2.17. The van der Waals surface area contributed by atoms with Crippen molar-refractivity contribution < 1.29 is 18.7 Å². The van der Waals surface area contributed by atoms with Crippen LogP contribution < -0.4 is 5.73 Å². The molecule has 1 aromatic rings. The third-order valence-corrected chi connectivity index (χ3v) is 2.17. The molecule has 0 saturated carbocycles. The van der Waals surface area contributed by atoms with Crippen LogP contribution in [0.5, 0.6) is 0 Å². The Morgan fingerprint density at radius 2 is 2.29 bits per heavy atom. The number of aliphatic carboxylic acids is 1. The Bertz CT molecular complexity index is 483. The largest absolute Gasteiger partial charge is 0.481 e. The van der Waals surface area contributed by atoms with Crippen LogP contribution in [-0.4, -0.2) is 16.1 Å². The molecule has 0 aliphatic rings. The molecule has 17 heavy (non-hydrogen) atoms. The minimum Gasteiger partial charge on any atom is -0.481 e. The van der Waals surface area contributed by atoms with Gasteiger partial charge in [-0.3, -0.25) is 9.78 Å². The predicted molar refractivity (Wildman–Crippen MR) is 53.1 cm³/mol. The molecule has 0 spiro atoms. The Morgan fingerprint density at radius 3 is 2.71 bits per heavy atom. The standard InChI is InChI=1S/C10H9F2N3O2/c11-10(12)7-4-15-8(3-14)6(2-13)5(7)1-9(16)17/h4,10H,1,3,14H2,(H,16,17). The van der Waals surface area contributed by atoms with Crippen LogP contribution in [0.15, 0.2) is 6.20 Å². The van der Waals surface area contributed by atoms with Gasteiger partial charge in [-0.05, 0) is 5.56 Å². The van der Waals surface area contributed by atoms with Gasteiger partial charge in [0, 0.05) is 18.3 Å². The minimum absolute atomic E-state index is 0.112. The fourth-order valence-electron chi connectivity index (χ4n) is 1.42. The van der Waals surface area contributed by atoms with Gasteiger partial charge >= 0.3 is 5.97 Å². The number of nitriles is 1. The summed E-state index contributed by atoms with van der Waals surface area (Å²) < 4.78 is 25.3. The van der Waals surface area contributed by atoms with Crippen molar-refractivity contribution in [2.24, 2.45) is 5.73 Å². The van der Waals surface area contributed by atoms with Gasteiger partial charge in [0.05, 0.1) is 17.7 Å². The fourth-order valence-corrected chi connectivity index (χ4v) is 1.42. The normalized spacial score (nSPS) is 10.3. The second-order valence-corrected chi connectivity index (χ2v) is 3.20. The molecule has 0 fully saturated rings. The minimum atomic E-state index is -2.88. The molecule has 5 nitrogen and oxygen atoms in total. The highest BCUT2D eigenvalue weighted by atomic mass is 19.3. The van der Waals surface area contributed by atoms with Gasteiger partial charge in [0.15, 0.2) is 0 Å². The number of nitrogens with zero attached hydrogens (tertiary/aromatic N) is 2. The number of nitrogens with two attached hydrogens (primary N) is 1.